The molecule has 214 valence electrons. The Morgan fingerprint density at radius 3 is 2.28 bits per heavy atom. The SMILES string of the molecule is CC1CN(c2ccc3cc(NC4CC5(CC(NC(=O)OC(C)(C)C)C5)C4)ccc3n2)CC(C)N1CC(F)(F)F. The van der Waals surface area contributed by atoms with E-state index in [4.69, 9.17) is 9.72 Å². The number of nitrogens with one attached hydrogen (secondary N) is 2. The lowest BCUT2D eigenvalue weighted by atomic mass is 9.52. The van der Waals surface area contributed by atoms with Crippen molar-refractivity contribution < 1.29 is 22.7 Å². The summed E-state index contributed by atoms with van der Waals surface area (Å²) >= 11 is 0. The Morgan fingerprint density at radius 2 is 1.67 bits per heavy atom. The molecule has 2 atom stereocenters. The summed E-state index contributed by atoms with van der Waals surface area (Å²) in [4.78, 5) is 20.4. The predicted molar refractivity (Wildman–Crippen MR) is 147 cm³/mol. The molecule has 0 radical (unpaired) electrons. The molecule has 1 aliphatic heterocycles. The summed E-state index contributed by atoms with van der Waals surface area (Å²) in [5.74, 6) is 0.800. The fourth-order valence-corrected chi connectivity index (χ4v) is 6.66. The van der Waals surface area contributed by atoms with E-state index in [0.717, 1.165) is 48.1 Å². The summed E-state index contributed by atoms with van der Waals surface area (Å²) < 4.78 is 44.3. The fraction of sp³-hybridized carbons (Fsp3) is 0.655. The van der Waals surface area contributed by atoms with Gasteiger partial charge < -0.3 is 20.3 Å². The summed E-state index contributed by atoms with van der Waals surface area (Å²) in [6.07, 6.45) is -0.363. The molecule has 1 spiro atoms. The highest BCUT2D eigenvalue weighted by Crippen LogP contribution is 2.56. The molecule has 3 fully saturated rings. The Hall–Kier alpha value is -2.75. The van der Waals surface area contributed by atoms with E-state index in [1.165, 1.54) is 4.90 Å². The third-order valence-electron chi connectivity index (χ3n) is 8.27. The lowest BCUT2D eigenvalue weighted by molar-refractivity contribution is -0.156. The lowest BCUT2D eigenvalue weighted by Crippen LogP contribution is -2.59. The molecule has 2 heterocycles. The number of carbonyl (C=O) groups excluding carboxylic acids is 1. The monoisotopic (exact) mass is 547 g/mol. The normalized spacial score (nSPS) is 29.6. The molecule has 1 saturated heterocycles. The van der Waals surface area contributed by atoms with Crippen molar-refractivity contribution in [1.29, 1.82) is 0 Å². The van der Waals surface area contributed by atoms with Crippen LogP contribution in [-0.4, -0.2) is 71.6 Å². The van der Waals surface area contributed by atoms with Crippen LogP contribution in [0.25, 0.3) is 10.9 Å². The first-order valence-electron chi connectivity index (χ1n) is 13.9. The molecule has 7 nitrogen and oxygen atoms in total. The van der Waals surface area contributed by atoms with Gasteiger partial charge in [0.15, 0.2) is 0 Å². The maximum absolute atomic E-state index is 13.0. The molecular weight excluding hydrogens is 507 g/mol. The highest BCUT2D eigenvalue weighted by atomic mass is 19.4. The minimum Gasteiger partial charge on any atom is -0.444 e. The standard InChI is InChI=1S/C29H40F3N5O2/c1-18-15-36(16-19(2)37(18)17-29(30,31)32)25-9-6-20-10-21(7-8-24(20)35-25)33-22-11-28(12-22)13-23(14-28)34-26(38)39-27(3,4)5/h6-10,18-19,22-23,33H,11-17H2,1-5H3,(H,34,38). The second-order valence-corrected chi connectivity index (χ2v) is 13.0. The topological polar surface area (TPSA) is 69.7 Å². The highest BCUT2D eigenvalue weighted by molar-refractivity contribution is 5.84. The number of ether oxygens (including phenoxy) is 1. The summed E-state index contributed by atoms with van der Waals surface area (Å²) in [6, 6.07) is 10.3. The molecule has 3 aliphatic rings. The van der Waals surface area contributed by atoms with Gasteiger partial charge in [0.05, 0.1) is 12.1 Å². The van der Waals surface area contributed by atoms with Gasteiger partial charge in [0, 0.05) is 48.3 Å². The molecule has 39 heavy (non-hydrogen) atoms. The maximum atomic E-state index is 13.0. The Balaban J connectivity index is 1.13. The smallest absolute Gasteiger partial charge is 0.407 e. The third-order valence-corrected chi connectivity index (χ3v) is 8.27. The summed E-state index contributed by atoms with van der Waals surface area (Å²) in [5, 5.41) is 7.66. The number of fused-ring (bicyclic) bond motifs is 1. The minimum atomic E-state index is -4.20. The zero-order chi connectivity index (χ0) is 28.2. The zero-order valence-electron chi connectivity index (χ0n) is 23.4. The number of halogens is 3. The summed E-state index contributed by atoms with van der Waals surface area (Å²) in [5.41, 5.74) is 1.77. The Kier molecular flexibility index (Phi) is 7.14. The molecule has 2 unspecified atom stereocenters. The number of hydrogen-bond acceptors (Lipinski definition) is 6. The van der Waals surface area contributed by atoms with E-state index in [1.54, 1.807) is 0 Å². The van der Waals surface area contributed by atoms with E-state index >= 15 is 0 Å². The van der Waals surface area contributed by atoms with Crippen LogP contribution in [0.3, 0.4) is 0 Å². The molecule has 0 bridgehead atoms. The first kappa shape index (κ1) is 27.8. The summed E-state index contributed by atoms with van der Waals surface area (Å²) in [6.45, 7) is 9.44. The molecular formula is C29H40F3N5O2. The Labute approximate surface area is 228 Å². The van der Waals surface area contributed by atoms with Crippen molar-refractivity contribution in [2.75, 3.05) is 29.9 Å². The van der Waals surface area contributed by atoms with Gasteiger partial charge in [0.2, 0.25) is 0 Å². The number of alkyl halides is 3. The first-order chi connectivity index (χ1) is 18.2. The average molecular weight is 548 g/mol. The van der Waals surface area contributed by atoms with E-state index in [2.05, 4.69) is 21.6 Å². The van der Waals surface area contributed by atoms with Crippen LogP contribution in [0.2, 0.25) is 0 Å². The third kappa shape index (κ3) is 6.53. The van der Waals surface area contributed by atoms with Crippen molar-refractivity contribution in [2.24, 2.45) is 5.41 Å². The van der Waals surface area contributed by atoms with E-state index in [1.807, 2.05) is 58.9 Å². The van der Waals surface area contributed by atoms with E-state index in [-0.39, 0.29) is 24.2 Å². The van der Waals surface area contributed by atoms with Gasteiger partial charge in [0.25, 0.3) is 0 Å². The second-order valence-electron chi connectivity index (χ2n) is 13.0. The van der Waals surface area contributed by atoms with Crippen molar-refractivity contribution in [3.63, 3.8) is 0 Å². The van der Waals surface area contributed by atoms with Crippen LogP contribution in [0.1, 0.15) is 60.3 Å². The number of hydrogen-bond donors (Lipinski definition) is 2. The molecule has 1 aromatic carbocycles. The van der Waals surface area contributed by atoms with Crippen LogP contribution in [-0.2, 0) is 4.74 Å². The highest BCUT2D eigenvalue weighted by Gasteiger charge is 2.53. The van der Waals surface area contributed by atoms with Crippen LogP contribution in [0.4, 0.5) is 29.5 Å². The zero-order valence-corrected chi connectivity index (χ0v) is 23.4. The van der Waals surface area contributed by atoms with Gasteiger partial charge in [-0.15, -0.1) is 0 Å². The molecule has 5 rings (SSSR count). The van der Waals surface area contributed by atoms with E-state index in [0.29, 0.717) is 24.5 Å². The largest absolute Gasteiger partial charge is 0.444 e. The minimum absolute atomic E-state index is 0.195. The fourth-order valence-electron chi connectivity index (χ4n) is 6.66. The Morgan fingerprint density at radius 1 is 1.03 bits per heavy atom. The number of benzene rings is 1. The summed E-state index contributed by atoms with van der Waals surface area (Å²) in [7, 11) is 0. The van der Waals surface area contributed by atoms with Gasteiger partial charge in [-0.05, 0) is 96.0 Å². The molecule has 2 aromatic rings. The van der Waals surface area contributed by atoms with Crippen LogP contribution in [0, 0.1) is 5.41 Å². The molecule has 2 aliphatic carbocycles. The molecule has 10 heteroatoms. The van der Waals surface area contributed by atoms with Crippen molar-refractivity contribution >= 4 is 28.5 Å². The van der Waals surface area contributed by atoms with E-state index in [9.17, 15) is 18.0 Å². The van der Waals surface area contributed by atoms with Gasteiger partial charge in [-0.3, -0.25) is 4.90 Å². The van der Waals surface area contributed by atoms with Gasteiger partial charge >= 0.3 is 12.3 Å². The quantitative estimate of drug-likeness (QED) is 0.483. The maximum Gasteiger partial charge on any atom is 0.407 e. The average Bonchev–Trinajstić information content (AvgIpc) is 2.76. The number of pyridine rings is 1. The van der Waals surface area contributed by atoms with Gasteiger partial charge in [0.1, 0.15) is 11.4 Å². The van der Waals surface area contributed by atoms with E-state index < -0.39 is 18.3 Å². The van der Waals surface area contributed by atoms with Crippen LogP contribution in [0.15, 0.2) is 30.3 Å². The van der Waals surface area contributed by atoms with Crippen molar-refractivity contribution in [1.82, 2.24) is 15.2 Å². The number of alkyl carbamates (subject to hydrolysis) is 1. The number of carbonyl (C=O) groups is 1. The van der Waals surface area contributed by atoms with Crippen molar-refractivity contribution in [3.05, 3.63) is 30.3 Å². The number of rotatable bonds is 5. The van der Waals surface area contributed by atoms with Gasteiger partial charge in [-0.2, -0.15) is 13.2 Å². The number of amides is 1. The number of nitrogens with zero attached hydrogens (tertiary/aromatic N) is 3. The van der Waals surface area contributed by atoms with Gasteiger partial charge in [-0.25, -0.2) is 9.78 Å². The molecule has 1 aromatic heterocycles. The second kappa shape index (κ2) is 10.0. The van der Waals surface area contributed by atoms with Crippen molar-refractivity contribution in [2.45, 2.75) is 96.2 Å². The Bertz CT molecular complexity index is 1190. The van der Waals surface area contributed by atoms with Crippen LogP contribution in [0.5, 0.6) is 0 Å². The van der Waals surface area contributed by atoms with Crippen LogP contribution >= 0.6 is 0 Å². The molecule has 2 N–H and O–H groups in total. The van der Waals surface area contributed by atoms with Crippen LogP contribution < -0.4 is 15.5 Å². The number of aromatic nitrogens is 1. The van der Waals surface area contributed by atoms with Gasteiger partial charge in [-0.1, -0.05) is 0 Å². The van der Waals surface area contributed by atoms with Crippen molar-refractivity contribution in [3.8, 4) is 0 Å². The number of piperazine rings is 1. The predicted octanol–water partition coefficient (Wildman–Crippen LogP) is 5.94. The molecule has 1 amide bonds. The molecule has 2 saturated carbocycles. The first-order valence-corrected chi connectivity index (χ1v) is 13.9. The number of anilines is 2. The lowest BCUT2D eigenvalue weighted by Gasteiger charge is -2.58.